The average molecular weight is 241 g/mol. The second-order valence-electron chi connectivity index (χ2n) is 3.59. The Labute approximate surface area is 101 Å². The molecule has 0 aromatic heterocycles. The minimum Gasteiger partial charge on any atom is -0.329 e. The number of urea groups is 1. The highest BCUT2D eigenvalue weighted by atomic mass is 35.5. The maximum atomic E-state index is 11.5. The number of carbonyl (C=O) groups is 1. The number of amides is 2. The summed E-state index contributed by atoms with van der Waals surface area (Å²) < 4.78 is 0. The molecule has 88 valence electrons. The molecule has 1 aliphatic rings. The molecule has 1 heterocycles. The molecule has 0 saturated carbocycles. The van der Waals surface area contributed by atoms with E-state index in [0.29, 0.717) is 18.1 Å². The molecule has 0 spiro atoms. The summed E-state index contributed by atoms with van der Waals surface area (Å²) in [6, 6.07) is -0.106. The van der Waals surface area contributed by atoms with Crippen molar-refractivity contribution in [3.63, 3.8) is 0 Å². The van der Waals surface area contributed by atoms with E-state index in [-0.39, 0.29) is 12.1 Å². The van der Waals surface area contributed by atoms with Crippen LogP contribution < -0.4 is 5.32 Å². The molecule has 3 nitrogen and oxygen atoms in total. The lowest BCUT2D eigenvalue weighted by Crippen LogP contribution is -2.29. The molecule has 0 aromatic carbocycles. The number of rotatable bonds is 4. The Morgan fingerprint density at radius 3 is 2.88 bits per heavy atom. The Morgan fingerprint density at radius 2 is 2.44 bits per heavy atom. The number of hydrogen-bond donors (Lipinski definition) is 1. The number of allylic oxidation sites excluding steroid dienone is 3. The van der Waals surface area contributed by atoms with Crippen molar-refractivity contribution >= 4 is 17.6 Å². The number of carbonyl (C=O) groups excluding carboxylic acids is 1. The maximum absolute atomic E-state index is 11.5. The highest BCUT2D eigenvalue weighted by molar-refractivity contribution is 6.31. The number of likely N-dealkylation sites (N-methyl/N-ethyl adjacent to an activating group) is 1. The van der Waals surface area contributed by atoms with Gasteiger partial charge in [-0.2, -0.15) is 0 Å². The summed E-state index contributed by atoms with van der Waals surface area (Å²) in [4.78, 5) is 13.3. The summed E-state index contributed by atoms with van der Waals surface area (Å²) in [7, 11) is 0. The van der Waals surface area contributed by atoms with Gasteiger partial charge < -0.3 is 10.2 Å². The van der Waals surface area contributed by atoms with E-state index >= 15 is 0 Å². The molecule has 1 fully saturated rings. The first-order valence-corrected chi connectivity index (χ1v) is 5.71. The smallest absolute Gasteiger partial charge is 0.318 e. The summed E-state index contributed by atoms with van der Waals surface area (Å²) in [5, 5.41) is 3.36. The summed E-state index contributed by atoms with van der Waals surface area (Å²) in [6.45, 7) is 8.95. The molecule has 0 aromatic rings. The highest BCUT2D eigenvalue weighted by Gasteiger charge is 2.30. The minimum atomic E-state index is -0.0614. The zero-order chi connectivity index (χ0) is 12.1. The van der Waals surface area contributed by atoms with Gasteiger partial charge in [0.2, 0.25) is 0 Å². The lowest BCUT2D eigenvalue weighted by Gasteiger charge is -2.13. The van der Waals surface area contributed by atoms with E-state index in [9.17, 15) is 4.79 Å². The third-order valence-corrected chi connectivity index (χ3v) is 2.74. The van der Waals surface area contributed by atoms with Gasteiger partial charge in [-0.15, -0.1) is 0 Å². The van der Waals surface area contributed by atoms with Crippen LogP contribution in [0.15, 0.2) is 35.4 Å². The zero-order valence-corrected chi connectivity index (χ0v) is 10.4. The molecule has 2 amide bonds. The van der Waals surface area contributed by atoms with Crippen LogP contribution in [-0.2, 0) is 0 Å². The molecule has 1 saturated heterocycles. The van der Waals surface area contributed by atoms with Gasteiger partial charge in [-0.1, -0.05) is 36.4 Å². The van der Waals surface area contributed by atoms with E-state index in [1.807, 2.05) is 32.1 Å². The summed E-state index contributed by atoms with van der Waals surface area (Å²) in [5.41, 5.74) is 0.865. The van der Waals surface area contributed by atoms with Gasteiger partial charge in [0.15, 0.2) is 0 Å². The normalized spacial score (nSPS) is 21.7. The van der Waals surface area contributed by atoms with E-state index in [4.69, 9.17) is 11.6 Å². The molecule has 0 aliphatic carbocycles. The van der Waals surface area contributed by atoms with Crippen LogP contribution in [-0.4, -0.2) is 30.1 Å². The Bertz CT molecular complexity index is 347. The van der Waals surface area contributed by atoms with E-state index < -0.39 is 0 Å². The van der Waals surface area contributed by atoms with Gasteiger partial charge in [-0.25, -0.2) is 4.79 Å². The van der Waals surface area contributed by atoms with E-state index in [2.05, 4.69) is 11.9 Å². The summed E-state index contributed by atoms with van der Waals surface area (Å²) in [5.74, 6) is 0. The van der Waals surface area contributed by atoms with Crippen LogP contribution in [0.1, 0.15) is 13.8 Å². The van der Waals surface area contributed by atoms with Crippen LogP contribution >= 0.6 is 11.6 Å². The predicted molar refractivity (Wildman–Crippen MR) is 67.5 cm³/mol. The average Bonchev–Trinajstić information content (AvgIpc) is 2.59. The first kappa shape index (κ1) is 12.8. The van der Waals surface area contributed by atoms with Crippen molar-refractivity contribution in [1.82, 2.24) is 10.2 Å². The quantitative estimate of drug-likeness (QED) is 0.753. The summed E-state index contributed by atoms with van der Waals surface area (Å²) in [6.07, 6.45) is 5.69. The maximum Gasteiger partial charge on any atom is 0.318 e. The van der Waals surface area contributed by atoms with Gasteiger partial charge in [0, 0.05) is 18.1 Å². The first-order chi connectivity index (χ1) is 7.60. The molecule has 0 radical (unpaired) electrons. The van der Waals surface area contributed by atoms with Crippen LogP contribution in [0, 0.1) is 0 Å². The van der Waals surface area contributed by atoms with Crippen LogP contribution in [0.5, 0.6) is 0 Å². The van der Waals surface area contributed by atoms with Gasteiger partial charge in [0.25, 0.3) is 0 Å². The predicted octanol–water partition coefficient (Wildman–Crippen LogP) is 2.66. The van der Waals surface area contributed by atoms with Gasteiger partial charge in [-0.3, -0.25) is 0 Å². The highest BCUT2D eigenvalue weighted by Crippen LogP contribution is 2.21. The fraction of sp³-hybridized carbons (Fsp3) is 0.417. The second-order valence-corrected chi connectivity index (χ2v) is 4.05. The third-order valence-electron chi connectivity index (χ3n) is 2.53. The van der Waals surface area contributed by atoms with Crippen LogP contribution in [0.3, 0.4) is 0 Å². The SMILES string of the molecule is C=C(Cl)/C(=C\C=C/C)C1CN(CC)C(=O)N1. The number of nitrogens with zero attached hydrogens (tertiary/aromatic N) is 1. The lowest BCUT2D eigenvalue weighted by molar-refractivity contribution is 0.219. The van der Waals surface area contributed by atoms with Crippen molar-refractivity contribution in [2.75, 3.05) is 13.1 Å². The molecule has 1 N–H and O–H groups in total. The Morgan fingerprint density at radius 1 is 1.75 bits per heavy atom. The topological polar surface area (TPSA) is 32.3 Å². The monoisotopic (exact) mass is 240 g/mol. The van der Waals surface area contributed by atoms with Gasteiger partial charge in [0.1, 0.15) is 0 Å². The van der Waals surface area contributed by atoms with E-state index in [1.165, 1.54) is 0 Å². The molecule has 0 bridgehead atoms. The van der Waals surface area contributed by atoms with Crippen LogP contribution in [0.4, 0.5) is 4.79 Å². The van der Waals surface area contributed by atoms with Crippen molar-refractivity contribution in [1.29, 1.82) is 0 Å². The second kappa shape index (κ2) is 5.75. The molecule has 1 aliphatic heterocycles. The number of hydrogen-bond acceptors (Lipinski definition) is 1. The van der Waals surface area contributed by atoms with E-state index in [0.717, 1.165) is 5.57 Å². The fourth-order valence-electron chi connectivity index (χ4n) is 1.63. The van der Waals surface area contributed by atoms with Gasteiger partial charge in [0.05, 0.1) is 6.04 Å². The lowest BCUT2D eigenvalue weighted by atomic mass is 10.1. The number of halogens is 1. The molecular weight excluding hydrogens is 224 g/mol. The Kier molecular flexibility index (Phi) is 4.62. The van der Waals surface area contributed by atoms with Crippen LogP contribution in [0.2, 0.25) is 0 Å². The molecule has 1 rings (SSSR count). The Balaban J connectivity index is 2.83. The van der Waals surface area contributed by atoms with Crippen molar-refractivity contribution in [2.45, 2.75) is 19.9 Å². The summed E-state index contributed by atoms with van der Waals surface area (Å²) >= 11 is 5.93. The van der Waals surface area contributed by atoms with Crippen molar-refractivity contribution in [3.05, 3.63) is 35.4 Å². The molecule has 16 heavy (non-hydrogen) atoms. The van der Waals surface area contributed by atoms with Crippen molar-refractivity contribution in [3.8, 4) is 0 Å². The minimum absolute atomic E-state index is 0.0446. The molecular formula is C12H17ClN2O. The third kappa shape index (κ3) is 2.89. The van der Waals surface area contributed by atoms with Crippen LogP contribution in [0.25, 0.3) is 0 Å². The first-order valence-electron chi connectivity index (χ1n) is 5.33. The largest absolute Gasteiger partial charge is 0.329 e. The number of nitrogens with one attached hydrogen (secondary N) is 1. The van der Waals surface area contributed by atoms with E-state index in [1.54, 1.807) is 4.90 Å². The molecule has 1 unspecified atom stereocenters. The molecule has 4 heteroatoms. The van der Waals surface area contributed by atoms with Crippen molar-refractivity contribution in [2.24, 2.45) is 0 Å². The fourth-order valence-corrected chi connectivity index (χ4v) is 1.83. The van der Waals surface area contributed by atoms with Gasteiger partial charge >= 0.3 is 6.03 Å². The van der Waals surface area contributed by atoms with Gasteiger partial charge in [-0.05, 0) is 19.4 Å². The standard InChI is InChI=1S/C12H17ClN2O/c1-4-6-7-10(9(3)13)11-8-15(5-2)12(16)14-11/h4,6-7,11H,3,5,8H2,1-2H3,(H,14,16)/b6-4-,10-7+. The Hall–Kier alpha value is -1.22. The zero-order valence-electron chi connectivity index (χ0n) is 9.66. The van der Waals surface area contributed by atoms with Crippen molar-refractivity contribution < 1.29 is 4.79 Å². The molecule has 1 atom stereocenters.